The second-order valence-electron chi connectivity index (χ2n) is 4.64. The van der Waals surface area contributed by atoms with E-state index in [0.29, 0.717) is 17.2 Å². The topological polar surface area (TPSA) is 47.9 Å². The molecule has 1 aromatic carbocycles. The van der Waals surface area contributed by atoms with Crippen molar-refractivity contribution in [2.75, 3.05) is 20.8 Å². The second-order valence-corrected chi connectivity index (χ2v) is 4.64. The van der Waals surface area contributed by atoms with Gasteiger partial charge in [-0.25, -0.2) is 0 Å². The molecule has 2 rings (SSSR count). The van der Waals surface area contributed by atoms with Gasteiger partial charge in [-0.1, -0.05) is 6.07 Å². The monoisotopic (exact) mass is 252 g/mol. The molecule has 4 heteroatoms. The molecule has 1 fully saturated rings. The van der Waals surface area contributed by atoms with Crippen LogP contribution in [0.3, 0.4) is 0 Å². The van der Waals surface area contributed by atoms with E-state index in [9.17, 15) is 5.11 Å². The van der Waals surface area contributed by atoms with Gasteiger partial charge < -0.3 is 19.3 Å². The highest BCUT2D eigenvalue weighted by atomic mass is 16.6. The molecule has 0 saturated heterocycles. The predicted molar refractivity (Wildman–Crippen MR) is 68.5 cm³/mol. The van der Waals surface area contributed by atoms with Crippen LogP contribution in [0, 0.1) is 0 Å². The minimum Gasteiger partial charge on any atom is -0.493 e. The molecule has 0 atom stereocenters. The maximum Gasteiger partial charge on any atom is 0.204 e. The maximum atomic E-state index is 9.60. The average Bonchev–Trinajstić information content (AvgIpc) is 2.88. The predicted octanol–water partition coefficient (Wildman–Crippen LogP) is 2.39. The van der Waals surface area contributed by atoms with Crippen LogP contribution in [0.1, 0.15) is 25.7 Å². The zero-order chi connectivity index (χ0) is 13.0. The lowest BCUT2D eigenvalue weighted by Crippen LogP contribution is -2.37. The summed E-state index contributed by atoms with van der Waals surface area (Å²) in [5, 5.41) is 9.60. The first-order valence-electron chi connectivity index (χ1n) is 6.25. The van der Waals surface area contributed by atoms with Crippen molar-refractivity contribution in [3.8, 4) is 17.2 Å². The fourth-order valence-electron chi connectivity index (χ4n) is 2.45. The summed E-state index contributed by atoms with van der Waals surface area (Å²) in [4.78, 5) is 0. The third-order valence-electron chi connectivity index (χ3n) is 3.50. The first kappa shape index (κ1) is 13.0. The molecule has 4 nitrogen and oxygen atoms in total. The van der Waals surface area contributed by atoms with E-state index in [2.05, 4.69) is 0 Å². The fourth-order valence-corrected chi connectivity index (χ4v) is 2.45. The Hall–Kier alpha value is -1.42. The summed E-state index contributed by atoms with van der Waals surface area (Å²) in [7, 11) is 3.20. The van der Waals surface area contributed by atoms with E-state index in [-0.39, 0.29) is 6.61 Å². The molecule has 0 spiro atoms. The third-order valence-corrected chi connectivity index (χ3v) is 3.50. The number of ether oxygens (including phenoxy) is 3. The van der Waals surface area contributed by atoms with Crippen molar-refractivity contribution in [3.63, 3.8) is 0 Å². The van der Waals surface area contributed by atoms with E-state index in [4.69, 9.17) is 14.2 Å². The smallest absolute Gasteiger partial charge is 0.204 e. The molecule has 1 aliphatic carbocycles. The summed E-state index contributed by atoms with van der Waals surface area (Å²) < 4.78 is 16.7. The lowest BCUT2D eigenvalue weighted by atomic mass is 10.0. The van der Waals surface area contributed by atoms with Gasteiger partial charge in [0.2, 0.25) is 5.75 Å². The Morgan fingerprint density at radius 1 is 1.11 bits per heavy atom. The normalized spacial score (nSPS) is 17.5. The van der Waals surface area contributed by atoms with Crippen LogP contribution in [-0.4, -0.2) is 31.5 Å². The Labute approximate surface area is 107 Å². The van der Waals surface area contributed by atoms with Crippen LogP contribution in [0.4, 0.5) is 0 Å². The van der Waals surface area contributed by atoms with Gasteiger partial charge in [-0.2, -0.15) is 0 Å². The Morgan fingerprint density at radius 3 is 2.11 bits per heavy atom. The lowest BCUT2D eigenvalue weighted by molar-refractivity contribution is 0.0113. The second kappa shape index (κ2) is 5.48. The molecule has 0 unspecified atom stereocenters. The molecule has 18 heavy (non-hydrogen) atoms. The van der Waals surface area contributed by atoms with Crippen LogP contribution in [0.5, 0.6) is 17.2 Å². The molecule has 1 N–H and O–H groups in total. The van der Waals surface area contributed by atoms with Crippen molar-refractivity contribution in [2.45, 2.75) is 31.3 Å². The highest BCUT2D eigenvalue weighted by Gasteiger charge is 2.37. The Morgan fingerprint density at radius 2 is 1.67 bits per heavy atom. The van der Waals surface area contributed by atoms with Gasteiger partial charge in [0.25, 0.3) is 0 Å². The van der Waals surface area contributed by atoms with Gasteiger partial charge in [0.1, 0.15) is 5.60 Å². The minimum atomic E-state index is -0.484. The lowest BCUT2D eigenvalue weighted by Gasteiger charge is -2.29. The van der Waals surface area contributed by atoms with Crippen molar-refractivity contribution in [3.05, 3.63) is 18.2 Å². The largest absolute Gasteiger partial charge is 0.493 e. The van der Waals surface area contributed by atoms with Gasteiger partial charge in [0, 0.05) is 0 Å². The van der Waals surface area contributed by atoms with Crippen LogP contribution in [-0.2, 0) is 0 Å². The summed E-state index contributed by atoms with van der Waals surface area (Å²) in [5.74, 6) is 1.85. The van der Waals surface area contributed by atoms with Gasteiger partial charge in [0.05, 0.1) is 20.8 Å². The van der Waals surface area contributed by atoms with E-state index in [1.807, 2.05) is 18.2 Å². The molecule has 1 aliphatic rings. The number of methoxy groups -OCH3 is 2. The Balaban J connectivity index is 2.31. The van der Waals surface area contributed by atoms with Crippen molar-refractivity contribution >= 4 is 0 Å². The van der Waals surface area contributed by atoms with Crippen molar-refractivity contribution < 1.29 is 19.3 Å². The number of aliphatic hydroxyl groups excluding tert-OH is 1. The molecule has 0 aromatic heterocycles. The summed E-state index contributed by atoms with van der Waals surface area (Å²) in [5.41, 5.74) is -0.484. The quantitative estimate of drug-likeness (QED) is 0.874. The van der Waals surface area contributed by atoms with Crippen LogP contribution < -0.4 is 14.2 Å². The van der Waals surface area contributed by atoms with Gasteiger partial charge in [-0.05, 0) is 37.8 Å². The SMILES string of the molecule is COc1cccc(OC)c1OC1(CO)CCCC1. The first-order chi connectivity index (χ1) is 8.74. The van der Waals surface area contributed by atoms with E-state index in [1.54, 1.807) is 14.2 Å². The van der Waals surface area contributed by atoms with Gasteiger partial charge in [-0.15, -0.1) is 0 Å². The molecule has 0 bridgehead atoms. The van der Waals surface area contributed by atoms with Crippen molar-refractivity contribution in [1.29, 1.82) is 0 Å². The minimum absolute atomic E-state index is 0.0220. The van der Waals surface area contributed by atoms with Crippen LogP contribution >= 0.6 is 0 Å². The Kier molecular flexibility index (Phi) is 3.97. The first-order valence-corrected chi connectivity index (χ1v) is 6.25. The zero-order valence-corrected chi connectivity index (χ0v) is 10.9. The molecule has 0 radical (unpaired) electrons. The number of para-hydroxylation sites is 1. The van der Waals surface area contributed by atoms with E-state index < -0.39 is 5.60 Å². The molecular formula is C14H20O4. The number of benzene rings is 1. The molecule has 1 aromatic rings. The van der Waals surface area contributed by atoms with Gasteiger partial charge in [-0.3, -0.25) is 0 Å². The summed E-state index contributed by atoms with van der Waals surface area (Å²) in [6, 6.07) is 5.51. The summed E-state index contributed by atoms with van der Waals surface area (Å²) in [6.07, 6.45) is 3.89. The number of hydrogen-bond acceptors (Lipinski definition) is 4. The fraction of sp³-hybridized carbons (Fsp3) is 0.571. The van der Waals surface area contributed by atoms with Crippen LogP contribution in [0.25, 0.3) is 0 Å². The molecular weight excluding hydrogens is 232 g/mol. The number of aliphatic hydroxyl groups is 1. The van der Waals surface area contributed by atoms with E-state index in [0.717, 1.165) is 25.7 Å². The highest BCUT2D eigenvalue weighted by Crippen LogP contribution is 2.43. The molecule has 0 heterocycles. The van der Waals surface area contributed by atoms with Gasteiger partial charge in [0.15, 0.2) is 11.5 Å². The number of rotatable bonds is 5. The maximum absolute atomic E-state index is 9.60. The number of hydrogen-bond donors (Lipinski definition) is 1. The molecule has 100 valence electrons. The Bertz CT molecular complexity index is 375. The summed E-state index contributed by atoms with van der Waals surface area (Å²) in [6.45, 7) is 0.0220. The third kappa shape index (κ3) is 2.38. The van der Waals surface area contributed by atoms with E-state index >= 15 is 0 Å². The summed E-state index contributed by atoms with van der Waals surface area (Å²) >= 11 is 0. The highest BCUT2D eigenvalue weighted by molar-refractivity contribution is 5.51. The van der Waals surface area contributed by atoms with E-state index in [1.165, 1.54) is 0 Å². The zero-order valence-electron chi connectivity index (χ0n) is 10.9. The standard InChI is InChI=1S/C14H20O4/c1-16-11-6-5-7-12(17-2)13(11)18-14(10-15)8-3-4-9-14/h5-7,15H,3-4,8-10H2,1-2H3. The molecule has 0 aliphatic heterocycles. The molecule has 0 amide bonds. The van der Waals surface area contributed by atoms with Crippen LogP contribution in [0.15, 0.2) is 18.2 Å². The van der Waals surface area contributed by atoms with Crippen molar-refractivity contribution in [1.82, 2.24) is 0 Å². The average molecular weight is 252 g/mol. The van der Waals surface area contributed by atoms with Gasteiger partial charge >= 0.3 is 0 Å². The van der Waals surface area contributed by atoms with Crippen molar-refractivity contribution in [2.24, 2.45) is 0 Å². The molecule has 1 saturated carbocycles. The van der Waals surface area contributed by atoms with Crippen LogP contribution in [0.2, 0.25) is 0 Å².